The van der Waals surface area contributed by atoms with Crippen LogP contribution in [0.5, 0.6) is 0 Å². The Labute approximate surface area is 178 Å². The Morgan fingerprint density at radius 2 is 1.57 bits per heavy atom. The Kier molecular flexibility index (Phi) is 6.11. The number of hydrogen-bond donors (Lipinski definition) is 1. The molecular weight excluding hydrogens is 396 g/mol. The number of piperidine rings is 1. The van der Waals surface area contributed by atoms with E-state index in [4.69, 9.17) is 0 Å². The number of sulfonamides is 1. The molecule has 0 bridgehead atoms. The van der Waals surface area contributed by atoms with Gasteiger partial charge in [-0.3, -0.25) is 0 Å². The predicted molar refractivity (Wildman–Crippen MR) is 119 cm³/mol. The van der Waals surface area contributed by atoms with Gasteiger partial charge in [0.05, 0.1) is 17.1 Å². The number of hydrogen-bond acceptors (Lipinski definition) is 5. The second-order valence-corrected chi connectivity index (χ2v) is 9.33. The van der Waals surface area contributed by atoms with E-state index in [9.17, 15) is 8.42 Å². The molecule has 1 saturated heterocycles. The van der Waals surface area contributed by atoms with Gasteiger partial charge >= 0.3 is 0 Å². The van der Waals surface area contributed by atoms with Crippen LogP contribution in [0.2, 0.25) is 0 Å². The average molecular weight is 423 g/mol. The van der Waals surface area contributed by atoms with Crippen LogP contribution in [0.4, 0.5) is 5.95 Å². The first kappa shape index (κ1) is 20.5. The monoisotopic (exact) mass is 422 g/mol. The van der Waals surface area contributed by atoms with Gasteiger partial charge in [-0.2, -0.15) is 0 Å². The van der Waals surface area contributed by atoms with Crippen LogP contribution in [-0.2, 0) is 16.6 Å². The number of benzene rings is 2. The van der Waals surface area contributed by atoms with Gasteiger partial charge in [0.15, 0.2) is 0 Å². The standard InChI is InChI=1S/C23H26N4O2S/c1-18-16-21(26-23(25-18)27-14-6-3-7-15-27)17-24-30(28,29)22-12-10-20(11-13-22)19-8-4-2-5-9-19/h2,4-5,8-13,16,24H,3,6-7,14-15,17H2,1H3. The lowest BCUT2D eigenvalue weighted by atomic mass is 10.1. The molecule has 0 unspecified atom stereocenters. The molecular formula is C23H26N4O2S. The number of nitrogens with zero attached hydrogens (tertiary/aromatic N) is 3. The summed E-state index contributed by atoms with van der Waals surface area (Å²) in [6.07, 6.45) is 3.51. The predicted octanol–water partition coefficient (Wildman–Crippen LogP) is 3.92. The molecule has 7 heteroatoms. The molecule has 1 fully saturated rings. The summed E-state index contributed by atoms with van der Waals surface area (Å²) in [4.78, 5) is 11.5. The summed E-state index contributed by atoms with van der Waals surface area (Å²) in [5.41, 5.74) is 3.54. The smallest absolute Gasteiger partial charge is 0.240 e. The third kappa shape index (κ3) is 4.86. The zero-order valence-corrected chi connectivity index (χ0v) is 17.9. The molecule has 30 heavy (non-hydrogen) atoms. The van der Waals surface area contributed by atoms with Crippen LogP contribution in [0.25, 0.3) is 11.1 Å². The number of anilines is 1. The van der Waals surface area contributed by atoms with Gasteiger partial charge in [0.2, 0.25) is 16.0 Å². The number of rotatable bonds is 6. The minimum Gasteiger partial charge on any atom is -0.341 e. The van der Waals surface area contributed by atoms with Crippen LogP contribution in [-0.4, -0.2) is 31.5 Å². The van der Waals surface area contributed by atoms with Gasteiger partial charge in [0, 0.05) is 18.8 Å². The van der Waals surface area contributed by atoms with Gasteiger partial charge in [-0.05, 0) is 55.5 Å². The highest BCUT2D eigenvalue weighted by molar-refractivity contribution is 7.89. The molecule has 0 aliphatic carbocycles. The Balaban J connectivity index is 1.47. The van der Waals surface area contributed by atoms with E-state index in [0.29, 0.717) is 11.6 Å². The number of aryl methyl sites for hydroxylation is 1. The first-order valence-electron chi connectivity index (χ1n) is 10.3. The minimum atomic E-state index is -3.63. The highest BCUT2D eigenvalue weighted by Crippen LogP contribution is 2.21. The zero-order valence-electron chi connectivity index (χ0n) is 17.1. The molecule has 156 valence electrons. The topological polar surface area (TPSA) is 75.2 Å². The van der Waals surface area contributed by atoms with Gasteiger partial charge in [0.1, 0.15) is 0 Å². The number of nitrogens with one attached hydrogen (secondary N) is 1. The fraction of sp³-hybridized carbons (Fsp3) is 0.304. The maximum atomic E-state index is 12.8. The molecule has 1 aromatic heterocycles. The van der Waals surface area contributed by atoms with Gasteiger partial charge in [0.25, 0.3) is 0 Å². The van der Waals surface area contributed by atoms with Crippen LogP contribution in [0.3, 0.4) is 0 Å². The molecule has 2 heterocycles. The quantitative estimate of drug-likeness (QED) is 0.652. The maximum Gasteiger partial charge on any atom is 0.240 e. The molecule has 0 radical (unpaired) electrons. The lowest BCUT2D eigenvalue weighted by Crippen LogP contribution is -2.32. The summed E-state index contributed by atoms with van der Waals surface area (Å²) >= 11 is 0. The second kappa shape index (κ2) is 8.93. The SMILES string of the molecule is Cc1cc(CNS(=O)(=O)c2ccc(-c3ccccc3)cc2)nc(N2CCCCC2)n1. The Bertz CT molecular complexity index is 1090. The van der Waals surface area contributed by atoms with E-state index >= 15 is 0 Å². The van der Waals surface area contributed by atoms with Crippen LogP contribution in [0.15, 0.2) is 65.6 Å². The highest BCUT2D eigenvalue weighted by atomic mass is 32.2. The largest absolute Gasteiger partial charge is 0.341 e. The first-order valence-corrected chi connectivity index (χ1v) is 11.7. The van der Waals surface area contributed by atoms with Gasteiger partial charge in [-0.15, -0.1) is 0 Å². The molecule has 1 aliphatic heterocycles. The molecule has 3 aromatic rings. The van der Waals surface area contributed by atoms with Crippen molar-refractivity contribution in [2.24, 2.45) is 0 Å². The van der Waals surface area contributed by atoms with E-state index in [0.717, 1.165) is 42.8 Å². The summed E-state index contributed by atoms with van der Waals surface area (Å²) in [6, 6.07) is 18.6. The average Bonchev–Trinajstić information content (AvgIpc) is 2.79. The fourth-order valence-corrected chi connectivity index (χ4v) is 4.65. The van der Waals surface area contributed by atoms with Crippen molar-refractivity contribution >= 4 is 16.0 Å². The molecule has 4 rings (SSSR count). The van der Waals surface area contributed by atoms with Crippen LogP contribution in [0.1, 0.15) is 30.7 Å². The Morgan fingerprint density at radius 1 is 0.900 bits per heavy atom. The van der Waals surface area contributed by atoms with Gasteiger partial charge in [-0.25, -0.2) is 23.1 Å². The van der Waals surface area contributed by atoms with Crippen molar-refractivity contribution in [2.75, 3.05) is 18.0 Å². The summed E-state index contributed by atoms with van der Waals surface area (Å²) in [7, 11) is -3.63. The second-order valence-electron chi connectivity index (χ2n) is 7.56. The van der Waals surface area contributed by atoms with Gasteiger partial charge in [-0.1, -0.05) is 42.5 Å². The minimum absolute atomic E-state index is 0.132. The molecule has 0 atom stereocenters. The van der Waals surface area contributed by atoms with Crippen molar-refractivity contribution in [3.05, 3.63) is 72.1 Å². The molecule has 6 nitrogen and oxygen atoms in total. The summed E-state index contributed by atoms with van der Waals surface area (Å²) in [6.45, 7) is 3.94. The molecule has 1 N–H and O–H groups in total. The molecule has 0 saturated carbocycles. The normalized spacial score (nSPS) is 14.6. The molecule has 2 aromatic carbocycles. The van der Waals surface area contributed by atoms with E-state index in [-0.39, 0.29) is 11.4 Å². The number of aromatic nitrogens is 2. The fourth-order valence-electron chi connectivity index (χ4n) is 3.65. The summed E-state index contributed by atoms with van der Waals surface area (Å²) < 4.78 is 28.2. The Hall–Kier alpha value is -2.77. The van der Waals surface area contributed by atoms with E-state index in [1.54, 1.807) is 12.1 Å². The van der Waals surface area contributed by atoms with Crippen molar-refractivity contribution in [1.82, 2.24) is 14.7 Å². The molecule has 0 spiro atoms. The van der Waals surface area contributed by atoms with E-state index < -0.39 is 10.0 Å². The lowest BCUT2D eigenvalue weighted by molar-refractivity contribution is 0.565. The third-order valence-corrected chi connectivity index (χ3v) is 6.67. The lowest BCUT2D eigenvalue weighted by Gasteiger charge is -2.27. The van der Waals surface area contributed by atoms with Gasteiger partial charge < -0.3 is 4.90 Å². The van der Waals surface area contributed by atoms with Crippen LogP contribution in [0, 0.1) is 6.92 Å². The van der Waals surface area contributed by atoms with Crippen molar-refractivity contribution in [2.45, 2.75) is 37.6 Å². The maximum absolute atomic E-state index is 12.8. The Morgan fingerprint density at radius 3 is 2.27 bits per heavy atom. The summed E-state index contributed by atoms with van der Waals surface area (Å²) in [5.74, 6) is 0.691. The van der Waals surface area contributed by atoms with Crippen molar-refractivity contribution in [3.8, 4) is 11.1 Å². The highest BCUT2D eigenvalue weighted by Gasteiger charge is 2.17. The van der Waals surface area contributed by atoms with Crippen LogP contribution >= 0.6 is 0 Å². The molecule has 0 amide bonds. The zero-order chi connectivity index (χ0) is 21.0. The van der Waals surface area contributed by atoms with Crippen molar-refractivity contribution < 1.29 is 8.42 Å². The third-order valence-electron chi connectivity index (χ3n) is 5.25. The summed E-state index contributed by atoms with van der Waals surface area (Å²) in [5, 5.41) is 0. The van der Waals surface area contributed by atoms with E-state index in [1.807, 2.05) is 55.5 Å². The van der Waals surface area contributed by atoms with Crippen molar-refractivity contribution in [1.29, 1.82) is 0 Å². The van der Waals surface area contributed by atoms with Crippen molar-refractivity contribution in [3.63, 3.8) is 0 Å². The van der Waals surface area contributed by atoms with Crippen LogP contribution < -0.4 is 9.62 Å². The molecule has 1 aliphatic rings. The van der Waals surface area contributed by atoms with E-state index in [2.05, 4.69) is 19.6 Å². The van der Waals surface area contributed by atoms with E-state index in [1.165, 1.54) is 6.42 Å². The first-order chi connectivity index (χ1) is 14.5.